The molecule has 0 aliphatic carbocycles. The van der Waals surface area contributed by atoms with Gasteiger partial charge in [0, 0.05) is 5.56 Å². The fraction of sp³-hybridized carbons (Fsp3) is 0.200. The van der Waals surface area contributed by atoms with Gasteiger partial charge in [-0.25, -0.2) is 0 Å². The Morgan fingerprint density at radius 3 is 2.32 bits per heavy atom. The summed E-state index contributed by atoms with van der Waals surface area (Å²) in [5.74, 6) is -1.13. The zero-order valence-corrected chi connectivity index (χ0v) is 22.2. The van der Waals surface area contributed by atoms with E-state index in [9.17, 15) is 14.7 Å². The summed E-state index contributed by atoms with van der Waals surface area (Å²) in [6, 6.07) is 21.7. The van der Waals surface area contributed by atoms with Gasteiger partial charge in [0.1, 0.15) is 23.1 Å². The number of ether oxygens (including phenoxy) is 1. The first-order valence-electron chi connectivity index (χ1n) is 12.3. The van der Waals surface area contributed by atoms with Crippen LogP contribution in [0.2, 0.25) is 0 Å². The number of anilines is 1. The number of hydrogen-bond donors (Lipinski definition) is 1. The fourth-order valence-electron chi connectivity index (χ4n) is 4.46. The van der Waals surface area contributed by atoms with Crippen molar-refractivity contribution in [3.8, 4) is 5.75 Å². The van der Waals surface area contributed by atoms with E-state index in [1.54, 1.807) is 31.2 Å². The molecular formula is C30H27N3O4S. The Balaban J connectivity index is 1.50. The molecule has 1 atom stereocenters. The largest absolute Gasteiger partial charge is 0.507 e. The van der Waals surface area contributed by atoms with Crippen molar-refractivity contribution in [2.75, 3.05) is 4.90 Å². The molecule has 1 aromatic heterocycles. The van der Waals surface area contributed by atoms with Gasteiger partial charge in [0.05, 0.1) is 11.6 Å². The van der Waals surface area contributed by atoms with Gasteiger partial charge in [-0.05, 0) is 66.8 Å². The maximum Gasteiger partial charge on any atom is 0.301 e. The van der Waals surface area contributed by atoms with Gasteiger partial charge in [0.15, 0.2) is 0 Å². The van der Waals surface area contributed by atoms with Gasteiger partial charge in [-0.2, -0.15) is 0 Å². The highest BCUT2D eigenvalue weighted by molar-refractivity contribution is 7.15. The number of carbonyl (C=O) groups is 2. The second-order valence-electron chi connectivity index (χ2n) is 9.11. The maximum atomic E-state index is 13.3. The van der Waals surface area contributed by atoms with Crippen LogP contribution in [0.25, 0.3) is 5.76 Å². The smallest absolute Gasteiger partial charge is 0.301 e. The van der Waals surface area contributed by atoms with Gasteiger partial charge < -0.3 is 9.84 Å². The molecule has 1 aliphatic rings. The molecule has 1 unspecified atom stereocenters. The third-order valence-corrected chi connectivity index (χ3v) is 7.49. The molecule has 38 heavy (non-hydrogen) atoms. The zero-order valence-electron chi connectivity index (χ0n) is 21.3. The highest BCUT2D eigenvalue weighted by atomic mass is 32.1. The topological polar surface area (TPSA) is 92.6 Å². The van der Waals surface area contributed by atoms with Crippen LogP contribution in [0.1, 0.15) is 45.8 Å². The minimum Gasteiger partial charge on any atom is -0.507 e. The van der Waals surface area contributed by atoms with Crippen LogP contribution >= 0.6 is 11.3 Å². The number of aliphatic hydroxyl groups excluding tert-OH is 1. The Morgan fingerprint density at radius 1 is 0.974 bits per heavy atom. The van der Waals surface area contributed by atoms with E-state index in [2.05, 4.69) is 17.1 Å². The molecule has 192 valence electrons. The number of nitrogens with zero attached hydrogens (tertiary/aromatic N) is 3. The molecule has 1 N–H and O–H groups in total. The number of aliphatic hydroxyl groups is 1. The standard InChI is InChI=1S/C30H27N3O4S/c1-4-20-9-11-21(12-10-20)26-25(28(35)29(36)33(26)30-32-31-19(3)38-30)27(34)22-13-15-24(16-14-22)37-17-23-8-6-5-7-18(23)2/h5-16,26,34H,4,17H2,1-3H3/b27-25+. The number of hydrogen-bond acceptors (Lipinski definition) is 7. The van der Waals surface area contributed by atoms with Crippen LogP contribution in [-0.2, 0) is 22.6 Å². The van der Waals surface area contributed by atoms with Crippen LogP contribution in [0.3, 0.4) is 0 Å². The highest BCUT2D eigenvalue weighted by Gasteiger charge is 2.48. The van der Waals surface area contributed by atoms with Gasteiger partial charge in [-0.15, -0.1) is 10.2 Å². The molecule has 0 saturated carbocycles. The van der Waals surface area contributed by atoms with E-state index in [1.165, 1.54) is 16.2 Å². The van der Waals surface area contributed by atoms with E-state index < -0.39 is 17.7 Å². The lowest BCUT2D eigenvalue weighted by atomic mass is 9.94. The molecule has 0 spiro atoms. The Labute approximate surface area is 225 Å². The number of rotatable bonds is 7. The van der Waals surface area contributed by atoms with E-state index in [0.29, 0.717) is 33.6 Å². The number of carbonyl (C=O) groups excluding carboxylic acids is 2. The minimum absolute atomic E-state index is 0.0145. The molecular weight excluding hydrogens is 498 g/mol. The molecule has 8 heteroatoms. The summed E-state index contributed by atoms with van der Waals surface area (Å²) in [5, 5.41) is 20.5. The maximum absolute atomic E-state index is 13.3. The molecule has 3 aromatic carbocycles. The number of benzene rings is 3. The second-order valence-corrected chi connectivity index (χ2v) is 10.3. The van der Waals surface area contributed by atoms with Crippen molar-refractivity contribution in [2.45, 2.75) is 39.8 Å². The van der Waals surface area contributed by atoms with Crippen molar-refractivity contribution in [1.29, 1.82) is 0 Å². The lowest BCUT2D eigenvalue weighted by Gasteiger charge is -2.22. The number of amides is 1. The van der Waals surface area contributed by atoms with E-state index in [1.807, 2.05) is 55.5 Å². The summed E-state index contributed by atoms with van der Waals surface area (Å²) in [6.45, 7) is 6.29. The summed E-state index contributed by atoms with van der Waals surface area (Å²) in [6.07, 6.45) is 0.855. The monoisotopic (exact) mass is 525 g/mol. The summed E-state index contributed by atoms with van der Waals surface area (Å²) >= 11 is 1.22. The van der Waals surface area contributed by atoms with Gasteiger partial charge in [-0.3, -0.25) is 14.5 Å². The van der Waals surface area contributed by atoms with Crippen LogP contribution in [-0.4, -0.2) is 27.0 Å². The SMILES string of the molecule is CCc1ccc(C2/C(=C(\O)c3ccc(OCc4ccccc4C)cc3)C(=O)C(=O)N2c2nnc(C)s2)cc1. The molecule has 1 fully saturated rings. The Bertz CT molecular complexity index is 1520. The molecule has 1 aliphatic heterocycles. The lowest BCUT2D eigenvalue weighted by molar-refractivity contribution is -0.132. The van der Waals surface area contributed by atoms with Gasteiger partial charge >= 0.3 is 5.91 Å². The molecule has 7 nitrogen and oxygen atoms in total. The first-order valence-corrected chi connectivity index (χ1v) is 13.2. The summed E-state index contributed by atoms with van der Waals surface area (Å²) in [7, 11) is 0. The average molecular weight is 526 g/mol. The predicted octanol–water partition coefficient (Wildman–Crippen LogP) is 5.92. The van der Waals surface area contributed by atoms with Crippen LogP contribution in [0, 0.1) is 13.8 Å². The summed E-state index contributed by atoms with van der Waals surface area (Å²) in [4.78, 5) is 27.9. The van der Waals surface area contributed by atoms with Gasteiger partial charge in [0.2, 0.25) is 5.13 Å². The van der Waals surface area contributed by atoms with E-state index in [-0.39, 0.29) is 11.3 Å². The molecule has 1 saturated heterocycles. The minimum atomic E-state index is -0.828. The van der Waals surface area contributed by atoms with Crippen molar-refractivity contribution >= 4 is 33.9 Å². The molecule has 0 radical (unpaired) electrons. The van der Waals surface area contributed by atoms with Crippen LogP contribution < -0.4 is 9.64 Å². The first-order chi connectivity index (χ1) is 18.4. The number of aromatic nitrogens is 2. The lowest BCUT2D eigenvalue weighted by Crippen LogP contribution is -2.29. The van der Waals surface area contributed by atoms with E-state index in [0.717, 1.165) is 23.1 Å². The van der Waals surface area contributed by atoms with E-state index in [4.69, 9.17) is 4.74 Å². The van der Waals surface area contributed by atoms with Crippen molar-refractivity contribution in [3.63, 3.8) is 0 Å². The number of ketones is 1. The second kappa shape index (κ2) is 10.6. The fourth-order valence-corrected chi connectivity index (χ4v) is 5.18. The molecule has 1 amide bonds. The Morgan fingerprint density at radius 2 is 1.68 bits per heavy atom. The quantitative estimate of drug-likeness (QED) is 0.183. The Kier molecular flexibility index (Phi) is 7.07. The van der Waals surface area contributed by atoms with Crippen molar-refractivity contribution in [3.05, 3.63) is 111 Å². The van der Waals surface area contributed by atoms with Gasteiger partial charge in [-0.1, -0.05) is 66.8 Å². The van der Waals surface area contributed by atoms with Crippen LogP contribution in [0.4, 0.5) is 5.13 Å². The number of aryl methyl sites for hydroxylation is 3. The van der Waals surface area contributed by atoms with Crippen LogP contribution in [0.5, 0.6) is 5.75 Å². The molecule has 4 aromatic rings. The zero-order chi connectivity index (χ0) is 26.8. The van der Waals surface area contributed by atoms with E-state index >= 15 is 0 Å². The first kappa shape index (κ1) is 25.4. The normalized spacial score (nSPS) is 16.7. The molecule has 2 heterocycles. The predicted molar refractivity (Wildman–Crippen MR) is 147 cm³/mol. The summed E-state index contributed by atoms with van der Waals surface area (Å²) < 4.78 is 5.92. The van der Waals surface area contributed by atoms with Crippen molar-refractivity contribution in [1.82, 2.24) is 10.2 Å². The van der Waals surface area contributed by atoms with Crippen molar-refractivity contribution in [2.24, 2.45) is 0 Å². The third kappa shape index (κ3) is 4.82. The highest BCUT2D eigenvalue weighted by Crippen LogP contribution is 2.43. The molecule has 0 bridgehead atoms. The summed E-state index contributed by atoms with van der Waals surface area (Å²) in [5.41, 5.74) is 4.48. The Hall–Kier alpha value is -4.30. The third-order valence-electron chi connectivity index (χ3n) is 6.65. The number of Topliss-reactive ketones (excluding diaryl/α,β-unsaturated/α-hetero) is 1. The van der Waals surface area contributed by atoms with Crippen molar-refractivity contribution < 1.29 is 19.4 Å². The average Bonchev–Trinajstić information content (AvgIpc) is 3.48. The van der Waals surface area contributed by atoms with Gasteiger partial charge in [0.25, 0.3) is 5.78 Å². The van der Waals surface area contributed by atoms with Crippen LogP contribution in [0.15, 0.2) is 78.4 Å². The molecule has 5 rings (SSSR count).